The Labute approximate surface area is 133 Å². The lowest BCUT2D eigenvalue weighted by Gasteiger charge is -2.37. The van der Waals surface area contributed by atoms with Crippen LogP contribution in [0.3, 0.4) is 0 Å². The number of carbonyl (C=O) groups is 1. The molecule has 2 atom stereocenters. The van der Waals surface area contributed by atoms with E-state index < -0.39 is 11.6 Å². The van der Waals surface area contributed by atoms with Crippen molar-refractivity contribution in [2.75, 3.05) is 6.61 Å². The fourth-order valence-electron chi connectivity index (χ4n) is 2.44. The van der Waals surface area contributed by atoms with Crippen molar-refractivity contribution in [3.8, 4) is 5.75 Å². The van der Waals surface area contributed by atoms with Gasteiger partial charge in [0.1, 0.15) is 18.0 Å². The van der Waals surface area contributed by atoms with Crippen LogP contribution in [0.25, 0.3) is 0 Å². The molecule has 0 radical (unpaired) electrons. The third-order valence-electron chi connectivity index (χ3n) is 3.28. The molecule has 1 N–H and O–H groups in total. The Morgan fingerprint density at radius 1 is 1.57 bits per heavy atom. The van der Waals surface area contributed by atoms with Crippen LogP contribution in [0, 0.1) is 0 Å². The minimum absolute atomic E-state index is 0.106. The molecule has 2 rings (SSSR count). The van der Waals surface area contributed by atoms with Gasteiger partial charge in [-0.25, -0.2) is 0 Å². The highest BCUT2D eigenvalue weighted by atomic mass is 35.5. The number of esters is 1. The van der Waals surface area contributed by atoms with Crippen molar-refractivity contribution in [3.63, 3.8) is 0 Å². The van der Waals surface area contributed by atoms with E-state index in [9.17, 15) is 9.90 Å². The van der Waals surface area contributed by atoms with Crippen molar-refractivity contribution >= 4 is 29.2 Å². The molecule has 21 heavy (non-hydrogen) atoms. The Bertz CT molecular complexity index is 573. The van der Waals surface area contributed by atoms with E-state index in [1.54, 1.807) is 6.07 Å². The van der Waals surface area contributed by atoms with Gasteiger partial charge in [-0.3, -0.25) is 4.79 Å². The molecule has 0 spiro atoms. The summed E-state index contributed by atoms with van der Waals surface area (Å²) in [6.07, 6.45) is 1.30. The standard InChI is InChI=1S/C15H16Cl2O4/c1-3-4-20-14(18)8-15(19)7-9(2)21-13-6-12(17)11(16)5-10(13)15/h3,5-6,9,19H,1,4,7-8H2,2H3/t9-,15-/m1/s1. The first kappa shape index (κ1) is 16.1. The minimum Gasteiger partial charge on any atom is -0.490 e. The molecule has 1 aliphatic rings. The summed E-state index contributed by atoms with van der Waals surface area (Å²) in [7, 11) is 0. The number of benzene rings is 1. The first-order valence-corrected chi connectivity index (χ1v) is 7.26. The van der Waals surface area contributed by atoms with E-state index in [0.29, 0.717) is 21.4 Å². The summed E-state index contributed by atoms with van der Waals surface area (Å²) < 4.78 is 10.6. The third-order valence-corrected chi connectivity index (χ3v) is 4.00. The number of rotatable bonds is 4. The molecule has 1 heterocycles. The second kappa shape index (κ2) is 6.26. The van der Waals surface area contributed by atoms with Gasteiger partial charge in [0.2, 0.25) is 0 Å². The highest BCUT2D eigenvalue weighted by Gasteiger charge is 2.41. The topological polar surface area (TPSA) is 55.8 Å². The Kier molecular flexibility index (Phi) is 4.81. The second-order valence-electron chi connectivity index (χ2n) is 5.08. The SMILES string of the molecule is C=CCOC(=O)C[C@]1(O)C[C@@H](C)Oc2cc(Cl)c(Cl)cc21. The van der Waals surface area contributed by atoms with E-state index >= 15 is 0 Å². The van der Waals surface area contributed by atoms with Gasteiger partial charge < -0.3 is 14.6 Å². The van der Waals surface area contributed by atoms with Gasteiger partial charge in [-0.1, -0.05) is 35.9 Å². The summed E-state index contributed by atoms with van der Waals surface area (Å²) in [5.74, 6) is -0.0781. The summed E-state index contributed by atoms with van der Waals surface area (Å²) >= 11 is 12.0. The van der Waals surface area contributed by atoms with Gasteiger partial charge in [-0.2, -0.15) is 0 Å². The van der Waals surface area contributed by atoms with E-state index in [-0.39, 0.29) is 25.6 Å². The van der Waals surface area contributed by atoms with E-state index in [0.717, 1.165) is 0 Å². The number of ether oxygens (including phenoxy) is 2. The lowest BCUT2D eigenvalue weighted by molar-refractivity contribution is -0.150. The molecule has 6 heteroatoms. The van der Waals surface area contributed by atoms with Gasteiger partial charge >= 0.3 is 5.97 Å². The molecule has 0 bridgehead atoms. The van der Waals surface area contributed by atoms with Gasteiger partial charge in [-0.15, -0.1) is 0 Å². The summed E-state index contributed by atoms with van der Waals surface area (Å²) in [6, 6.07) is 3.08. The molecule has 1 aromatic rings. The molecular weight excluding hydrogens is 315 g/mol. The van der Waals surface area contributed by atoms with Crippen molar-refractivity contribution in [3.05, 3.63) is 40.4 Å². The zero-order chi connectivity index (χ0) is 15.6. The van der Waals surface area contributed by atoms with E-state index in [1.165, 1.54) is 12.1 Å². The number of aliphatic hydroxyl groups is 1. The van der Waals surface area contributed by atoms with E-state index in [4.69, 9.17) is 32.7 Å². The Morgan fingerprint density at radius 2 is 2.24 bits per heavy atom. The van der Waals surface area contributed by atoms with Gasteiger partial charge in [0.15, 0.2) is 0 Å². The first-order chi connectivity index (χ1) is 9.85. The normalized spacial score (nSPS) is 23.9. The van der Waals surface area contributed by atoms with Crippen LogP contribution in [-0.2, 0) is 15.1 Å². The lowest BCUT2D eigenvalue weighted by atomic mass is 9.83. The Hall–Kier alpha value is -1.23. The lowest BCUT2D eigenvalue weighted by Crippen LogP contribution is -2.39. The number of carbonyl (C=O) groups excluding carboxylic acids is 1. The average molecular weight is 331 g/mol. The molecule has 0 unspecified atom stereocenters. The van der Waals surface area contributed by atoms with E-state index in [1.807, 2.05) is 6.92 Å². The minimum atomic E-state index is -1.39. The molecule has 0 saturated heterocycles. The maximum atomic E-state index is 11.8. The van der Waals surface area contributed by atoms with Gasteiger partial charge in [-0.05, 0) is 13.0 Å². The predicted octanol–water partition coefficient (Wildman–Crippen LogP) is 3.47. The molecule has 0 amide bonds. The molecule has 1 aromatic carbocycles. The third kappa shape index (κ3) is 3.51. The highest BCUT2D eigenvalue weighted by Crippen LogP contribution is 2.44. The zero-order valence-corrected chi connectivity index (χ0v) is 13.1. The van der Waals surface area contributed by atoms with Crippen molar-refractivity contribution in [2.45, 2.75) is 31.5 Å². The second-order valence-corrected chi connectivity index (χ2v) is 5.89. The maximum Gasteiger partial charge on any atom is 0.309 e. The number of halogens is 2. The van der Waals surface area contributed by atoms with Crippen molar-refractivity contribution in [1.29, 1.82) is 0 Å². The fraction of sp³-hybridized carbons (Fsp3) is 0.400. The molecule has 0 fully saturated rings. The molecule has 0 aliphatic carbocycles. The van der Waals surface area contributed by atoms with Crippen LogP contribution < -0.4 is 4.74 Å². The molecule has 0 saturated carbocycles. The summed E-state index contributed by atoms with van der Waals surface area (Å²) in [4.78, 5) is 11.8. The molecular formula is C15H16Cl2O4. The van der Waals surface area contributed by atoms with Gasteiger partial charge in [0, 0.05) is 18.1 Å². The van der Waals surface area contributed by atoms with Crippen LogP contribution in [0.1, 0.15) is 25.3 Å². The predicted molar refractivity (Wildman–Crippen MR) is 80.8 cm³/mol. The van der Waals surface area contributed by atoms with E-state index in [2.05, 4.69) is 6.58 Å². The van der Waals surface area contributed by atoms with Crippen molar-refractivity contribution in [1.82, 2.24) is 0 Å². The number of fused-ring (bicyclic) bond motifs is 1. The zero-order valence-electron chi connectivity index (χ0n) is 11.6. The Balaban J connectivity index is 2.34. The summed E-state index contributed by atoms with van der Waals surface area (Å²) in [5.41, 5.74) is -0.940. The van der Waals surface area contributed by atoms with Crippen LogP contribution in [0.2, 0.25) is 10.0 Å². The van der Waals surface area contributed by atoms with Crippen LogP contribution in [0.4, 0.5) is 0 Å². The largest absolute Gasteiger partial charge is 0.490 e. The average Bonchev–Trinajstić information content (AvgIpc) is 2.38. The smallest absolute Gasteiger partial charge is 0.309 e. The summed E-state index contributed by atoms with van der Waals surface area (Å²) in [5, 5.41) is 11.5. The molecule has 4 nitrogen and oxygen atoms in total. The van der Waals surface area contributed by atoms with Gasteiger partial charge in [0.05, 0.1) is 22.6 Å². The monoisotopic (exact) mass is 330 g/mol. The molecule has 114 valence electrons. The molecule has 1 aliphatic heterocycles. The van der Waals surface area contributed by atoms with Crippen molar-refractivity contribution in [2.24, 2.45) is 0 Å². The fourth-order valence-corrected chi connectivity index (χ4v) is 2.76. The number of hydrogen-bond acceptors (Lipinski definition) is 4. The van der Waals surface area contributed by atoms with Crippen LogP contribution in [0.5, 0.6) is 5.75 Å². The molecule has 0 aromatic heterocycles. The van der Waals surface area contributed by atoms with Gasteiger partial charge in [0.25, 0.3) is 0 Å². The maximum absolute atomic E-state index is 11.8. The summed E-state index contributed by atoms with van der Waals surface area (Å²) in [6.45, 7) is 5.39. The number of hydrogen-bond donors (Lipinski definition) is 1. The Morgan fingerprint density at radius 3 is 2.90 bits per heavy atom. The van der Waals surface area contributed by atoms with Crippen LogP contribution in [0.15, 0.2) is 24.8 Å². The van der Waals surface area contributed by atoms with Crippen LogP contribution >= 0.6 is 23.2 Å². The highest BCUT2D eigenvalue weighted by molar-refractivity contribution is 6.42. The van der Waals surface area contributed by atoms with Crippen LogP contribution in [-0.4, -0.2) is 23.8 Å². The van der Waals surface area contributed by atoms with Crippen molar-refractivity contribution < 1.29 is 19.4 Å². The first-order valence-electron chi connectivity index (χ1n) is 6.51. The quantitative estimate of drug-likeness (QED) is 0.678.